The first-order valence-electron chi connectivity index (χ1n) is 4.39. The molecule has 0 atom stereocenters. The summed E-state index contributed by atoms with van der Waals surface area (Å²) >= 11 is 1.68. The van der Waals surface area contributed by atoms with Crippen LogP contribution in [0.2, 0.25) is 0 Å². The highest BCUT2D eigenvalue weighted by Gasteiger charge is 2.23. The molecule has 0 amide bonds. The summed E-state index contributed by atoms with van der Waals surface area (Å²) in [5, 5.41) is 0. The van der Waals surface area contributed by atoms with Gasteiger partial charge >= 0.3 is 0 Å². The van der Waals surface area contributed by atoms with Crippen LogP contribution in [0, 0.1) is 0 Å². The van der Waals surface area contributed by atoms with Gasteiger partial charge in [0.2, 0.25) is 0 Å². The summed E-state index contributed by atoms with van der Waals surface area (Å²) in [5.74, 6) is 0.909. The van der Waals surface area contributed by atoms with Gasteiger partial charge in [0.25, 0.3) is 0 Å². The van der Waals surface area contributed by atoms with Gasteiger partial charge in [-0.05, 0) is 31.2 Å². The van der Waals surface area contributed by atoms with Crippen LogP contribution in [0.25, 0.3) is 0 Å². The molecule has 2 nitrogen and oxygen atoms in total. The van der Waals surface area contributed by atoms with Crippen LogP contribution in [0.3, 0.4) is 0 Å². The molecule has 3 heteroatoms. The molecule has 0 radical (unpaired) electrons. The Hall–Kier alpha value is -0.830. The molecule has 1 saturated carbocycles. The second kappa shape index (κ2) is 3.50. The van der Waals surface area contributed by atoms with E-state index in [0.717, 1.165) is 16.3 Å². The lowest BCUT2D eigenvalue weighted by molar-refractivity contribution is 0.302. The van der Waals surface area contributed by atoms with E-state index in [1.54, 1.807) is 11.8 Å². The summed E-state index contributed by atoms with van der Waals surface area (Å²) in [6.45, 7) is 0. The SMILES string of the molecule is CSc1cc(N)cc(OC2CC2)c1. The first-order valence-corrected chi connectivity index (χ1v) is 5.61. The normalized spacial score (nSPS) is 15.8. The van der Waals surface area contributed by atoms with Gasteiger partial charge in [0, 0.05) is 16.6 Å². The Morgan fingerprint density at radius 3 is 2.77 bits per heavy atom. The molecule has 2 N–H and O–H groups in total. The lowest BCUT2D eigenvalue weighted by Crippen LogP contribution is -1.97. The van der Waals surface area contributed by atoms with Crippen LogP contribution in [0.4, 0.5) is 5.69 Å². The molecule has 13 heavy (non-hydrogen) atoms. The van der Waals surface area contributed by atoms with Crippen LogP contribution < -0.4 is 10.5 Å². The predicted octanol–water partition coefficient (Wildman–Crippen LogP) is 2.53. The van der Waals surface area contributed by atoms with E-state index in [9.17, 15) is 0 Å². The van der Waals surface area contributed by atoms with Crippen LogP contribution in [0.5, 0.6) is 5.75 Å². The van der Waals surface area contributed by atoms with Crippen molar-refractivity contribution in [2.24, 2.45) is 0 Å². The van der Waals surface area contributed by atoms with Gasteiger partial charge in [-0.15, -0.1) is 11.8 Å². The molecule has 1 aliphatic carbocycles. The first kappa shape index (κ1) is 8.75. The number of nitrogen functional groups attached to an aromatic ring is 1. The second-order valence-electron chi connectivity index (χ2n) is 3.26. The highest BCUT2D eigenvalue weighted by molar-refractivity contribution is 7.98. The lowest BCUT2D eigenvalue weighted by atomic mass is 10.3. The van der Waals surface area contributed by atoms with E-state index in [-0.39, 0.29) is 0 Å². The zero-order chi connectivity index (χ0) is 9.26. The zero-order valence-electron chi connectivity index (χ0n) is 7.62. The van der Waals surface area contributed by atoms with Crippen molar-refractivity contribution in [3.05, 3.63) is 18.2 Å². The van der Waals surface area contributed by atoms with E-state index >= 15 is 0 Å². The third-order valence-corrected chi connectivity index (χ3v) is 2.67. The lowest BCUT2D eigenvalue weighted by Gasteiger charge is -2.06. The number of ether oxygens (including phenoxy) is 1. The second-order valence-corrected chi connectivity index (χ2v) is 4.14. The summed E-state index contributed by atoms with van der Waals surface area (Å²) in [4.78, 5) is 1.16. The Balaban J connectivity index is 2.17. The molecular weight excluding hydrogens is 182 g/mol. The highest BCUT2D eigenvalue weighted by atomic mass is 32.2. The number of rotatable bonds is 3. The van der Waals surface area contributed by atoms with Gasteiger partial charge in [0.1, 0.15) is 5.75 Å². The van der Waals surface area contributed by atoms with E-state index in [1.807, 2.05) is 24.5 Å². The van der Waals surface area contributed by atoms with E-state index in [2.05, 4.69) is 0 Å². The molecule has 70 valence electrons. The molecule has 0 bridgehead atoms. The number of nitrogens with two attached hydrogens (primary N) is 1. The summed E-state index contributed by atoms with van der Waals surface area (Å²) < 4.78 is 5.66. The van der Waals surface area contributed by atoms with Gasteiger partial charge in [-0.3, -0.25) is 0 Å². The molecule has 1 aliphatic rings. The van der Waals surface area contributed by atoms with Crippen molar-refractivity contribution in [3.8, 4) is 5.75 Å². The van der Waals surface area contributed by atoms with Gasteiger partial charge in [-0.25, -0.2) is 0 Å². The number of anilines is 1. The standard InChI is InChI=1S/C10H13NOS/c1-13-10-5-7(11)4-9(6-10)12-8-2-3-8/h4-6,8H,2-3,11H2,1H3. The molecule has 1 aromatic carbocycles. The minimum atomic E-state index is 0.441. The molecule has 2 rings (SSSR count). The predicted molar refractivity (Wildman–Crippen MR) is 56.3 cm³/mol. The van der Waals surface area contributed by atoms with E-state index in [1.165, 1.54) is 12.8 Å². The maximum absolute atomic E-state index is 5.74. The maximum Gasteiger partial charge on any atom is 0.122 e. The van der Waals surface area contributed by atoms with Gasteiger partial charge in [-0.1, -0.05) is 0 Å². The van der Waals surface area contributed by atoms with Crippen molar-refractivity contribution in [2.45, 2.75) is 23.8 Å². The topological polar surface area (TPSA) is 35.2 Å². The van der Waals surface area contributed by atoms with Gasteiger partial charge in [0.05, 0.1) is 6.10 Å². The molecule has 1 aromatic rings. The summed E-state index contributed by atoms with van der Waals surface area (Å²) in [6.07, 6.45) is 4.85. The molecule has 0 spiro atoms. The smallest absolute Gasteiger partial charge is 0.122 e. The summed E-state index contributed by atoms with van der Waals surface area (Å²) in [7, 11) is 0. The first-order chi connectivity index (χ1) is 6.28. The fourth-order valence-electron chi connectivity index (χ4n) is 1.16. The maximum atomic E-state index is 5.74. The Morgan fingerprint density at radius 1 is 1.38 bits per heavy atom. The quantitative estimate of drug-likeness (QED) is 0.594. The molecule has 0 saturated heterocycles. The number of hydrogen-bond acceptors (Lipinski definition) is 3. The Morgan fingerprint density at radius 2 is 2.15 bits per heavy atom. The zero-order valence-corrected chi connectivity index (χ0v) is 8.43. The third kappa shape index (κ3) is 2.31. The van der Waals surface area contributed by atoms with Crippen molar-refractivity contribution in [2.75, 3.05) is 12.0 Å². The molecule has 0 unspecified atom stereocenters. The Kier molecular flexibility index (Phi) is 2.36. The highest BCUT2D eigenvalue weighted by Crippen LogP contribution is 2.30. The van der Waals surface area contributed by atoms with Crippen LogP contribution >= 0.6 is 11.8 Å². The van der Waals surface area contributed by atoms with Crippen molar-refractivity contribution in [3.63, 3.8) is 0 Å². The van der Waals surface area contributed by atoms with Gasteiger partial charge < -0.3 is 10.5 Å². The van der Waals surface area contributed by atoms with E-state index in [0.29, 0.717) is 6.10 Å². The van der Waals surface area contributed by atoms with Crippen molar-refractivity contribution < 1.29 is 4.74 Å². The van der Waals surface area contributed by atoms with E-state index in [4.69, 9.17) is 10.5 Å². The number of hydrogen-bond donors (Lipinski definition) is 1. The minimum Gasteiger partial charge on any atom is -0.490 e. The Bertz CT molecular complexity index is 310. The molecule has 0 aromatic heterocycles. The summed E-state index contributed by atoms with van der Waals surface area (Å²) in [5.41, 5.74) is 6.52. The van der Waals surface area contributed by atoms with Crippen molar-refractivity contribution in [1.82, 2.24) is 0 Å². The third-order valence-electron chi connectivity index (χ3n) is 1.97. The van der Waals surface area contributed by atoms with Crippen LogP contribution in [0.1, 0.15) is 12.8 Å². The monoisotopic (exact) mass is 195 g/mol. The fourth-order valence-corrected chi connectivity index (χ4v) is 1.65. The number of benzene rings is 1. The van der Waals surface area contributed by atoms with Crippen LogP contribution in [-0.2, 0) is 0 Å². The minimum absolute atomic E-state index is 0.441. The number of thioether (sulfide) groups is 1. The van der Waals surface area contributed by atoms with E-state index < -0.39 is 0 Å². The summed E-state index contributed by atoms with van der Waals surface area (Å²) in [6, 6.07) is 5.89. The van der Waals surface area contributed by atoms with Crippen LogP contribution in [-0.4, -0.2) is 12.4 Å². The molecule has 0 heterocycles. The average Bonchev–Trinajstić information content (AvgIpc) is 2.87. The molecular formula is C10H13NOS. The van der Waals surface area contributed by atoms with Gasteiger partial charge in [-0.2, -0.15) is 0 Å². The van der Waals surface area contributed by atoms with Crippen LogP contribution in [0.15, 0.2) is 23.1 Å². The Labute approximate surface area is 82.5 Å². The fraction of sp³-hybridized carbons (Fsp3) is 0.400. The molecule has 0 aliphatic heterocycles. The van der Waals surface area contributed by atoms with Crippen molar-refractivity contribution >= 4 is 17.4 Å². The largest absolute Gasteiger partial charge is 0.490 e. The average molecular weight is 195 g/mol. The van der Waals surface area contributed by atoms with Gasteiger partial charge in [0.15, 0.2) is 0 Å². The molecule has 1 fully saturated rings. The van der Waals surface area contributed by atoms with Crippen molar-refractivity contribution in [1.29, 1.82) is 0 Å².